The van der Waals surface area contributed by atoms with Crippen LogP contribution in [0.3, 0.4) is 0 Å². The van der Waals surface area contributed by atoms with Gasteiger partial charge in [0, 0.05) is 37.0 Å². The van der Waals surface area contributed by atoms with Crippen molar-refractivity contribution in [3.05, 3.63) is 60.0 Å². The molecule has 0 saturated carbocycles. The number of benzene rings is 1. The van der Waals surface area contributed by atoms with E-state index in [1.165, 1.54) is 0 Å². The molecule has 142 valence electrons. The molecule has 27 heavy (non-hydrogen) atoms. The number of carbonyl (C=O) groups is 1. The zero-order chi connectivity index (χ0) is 19.1. The second-order valence-corrected chi connectivity index (χ2v) is 6.59. The smallest absolute Gasteiger partial charge is 0.319 e. The summed E-state index contributed by atoms with van der Waals surface area (Å²) in [5.41, 5.74) is 1.81. The van der Waals surface area contributed by atoms with Gasteiger partial charge in [0.05, 0.1) is 6.54 Å². The summed E-state index contributed by atoms with van der Waals surface area (Å²) in [7, 11) is 0. The van der Waals surface area contributed by atoms with Gasteiger partial charge in [-0.25, -0.2) is 4.79 Å². The summed E-state index contributed by atoms with van der Waals surface area (Å²) in [6.45, 7) is 5.22. The number of urea groups is 1. The number of aromatic nitrogens is 4. The summed E-state index contributed by atoms with van der Waals surface area (Å²) in [6, 6.07) is 9.36. The molecule has 2 aromatic heterocycles. The highest BCUT2D eigenvalue weighted by atomic mass is 16.5. The van der Waals surface area contributed by atoms with E-state index >= 15 is 0 Å². The van der Waals surface area contributed by atoms with Gasteiger partial charge in [0.1, 0.15) is 0 Å². The summed E-state index contributed by atoms with van der Waals surface area (Å²) in [5, 5.41) is 13.8. The fraction of sp³-hybridized carbons (Fsp3) is 0.368. The van der Waals surface area contributed by atoms with Crippen molar-refractivity contribution in [3.8, 4) is 0 Å². The maximum Gasteiger partial charge on any atom is 0.319 e. The number of nitrogens with zero attached hydrogens (tertiary/aromatic N) is 4. The molecule has 0 unspecified atom stereocenters. The van der Waals surface area contributed by atoms with Gasteiger partial charge in [-0.15, -0.1) is 0 Å². The molecule has 0 aliphatic carbocycles. The lowest BCUT2D eigenvalue weighted by Gasteiger charge is -2.09. The minimum absolute atomic E-state index is 0.236. The van der Waals surface area contributed by atoms with Crippen LogP contribution in [0.1, 0.15) is 43.5 Å². The number of aryl methyl sites for hydroxylation is 1. The Balaban J connectivity index is 1.41. The van der Waals surface area contributed by atoms with Crippen LogP contribution in [-0.2, 0) is 13.0 Å². The van der Waals surface area contributed by atoms with Gasteiger partial charge in [-0.1, -0.05) is 31.1 Å². The molecule has 0 atom stereocenters. The third kappa shape index (κ3) is 5.67. The predicted molar refractivity (Wildman–Crippen MR) is 102 cm³/mol. The average molecular weight is 368 g/mol. The largest absolute Gasteiger partial charge is 0.339 e. The van der Waals surface area contributed by atoms with Crippen molar-refractivity contribution in [1.82, 2.24) is 25.2 Å². The van der Waals surface area contributed by atoms with Crippen LogP contribution in [0.2, 0.25) is 0 Å². The molecule has 3 rings (SSSR count). The zero-order valence-corrected chi connectivity index (χ0v) is 15.6. The molecule has 0 saturated heterocycles. The second kappa shape index (κ2) is 8.98. The molecule has 2 amide bonds. The van der Waals surface area contributed by atoms with Gasteiger partial charge < -0.3 is 15.2 Å². The van der Waals surface area contributed by atoms with Crippen LogP contribution in [0.25, 0.3) is 0 Å². The van der Waals surface area contributed by atoms with E-state index in [9.17, 15) is 4.79 Å². The average Bonchev–Trinajstić information content (AvgIpc) is 3.31. The van der Waals surface area contributed by atoms with Gasteiger partial charge in [0.2, 0.25) is 5.89 Å². The van der Waals surface area contributed by atoms with Crippen molar-refractivity contribution in [2.45, 2.75) is 39.2 Å². The van der Waals surface area contributed by atoms with Gasteiger partial charge in [0.15, 0.2) is 5.82 Å². The lowest BCUT2D eigenvalue weighted by Crippen LogP contribution is -2.29. The zero-order valence-electron chi connectivity index (χ0n) is 15.6. The van der Waals surface area contributed by atoms with Crippen LogP contribution in [-0.4, -0.2) is 32.5 Å². The van der Waals surface area contributed by atoms with Crippen molar-refractivity contribution >= 4 is 11.7 Å². The molecule has 1 aromatic carbocycles. The molecule has 0 aliphatic rings. The molecule has 3 aromatic rings. The summed E-state index contributed by atoms with van der Waals surface area (Å²) in [6.07, 6.45) is 5.01. The molecule has 0 aliphatic heterocycles. The van der Waals surface area contributed by atoms with E-state index in [4.69, 9.17) is 4.52 Å². The molecular weight excluding hydrogens is 344 g/mol. The number of hydrogen-bond acceptors (Lipinski definition) is 5. The first-order valence-electron chi connectivity index (χ1n) is 9.04. The summed E-state index contributed by atoms with van der Waals surface area (Å²) in [4.78, 5) is 16.4. The van der Waals surface area contributed by atoms with Crippen LogP contribution in [0.15, 0.2) is 47.2 Å². The number of carbonyl (C=O) groups excluding carboxylic acids is 1. The molecule has 8 nitrogen and oxygen atoms in total. The highest BCUT2D eigenvalue weighted by molar-refractivity contribution is 5.89. The maximum absolute atomic E-state index is 12.1. The monoisotopic (exact) mass is 368 g/mol. The van der Waals surface area contributed by atoms with Gasteiger partial charge in [-0.3, -0.25) is 4.68 Å². The van der Waals surface area contributed by atoms with Crippen LogP contribution in [0, 0.1) is 0 Å². The Morgan fingerprint density at radius 1 is 1.30 bits per heavy atom. The van der Waals surface area contributed by atoms with Crippen LogP contribution in [0.4, 0.5) is 10.5 Å². The van der Waals surface area contributed by atoms with Crippen molar-refractivity contribution in [3.63, 3.8) is 0 Å². The van der Waals surface area contributed by atoms with Crippen LogP contribution >= 0.6 is 0 Å². The van der Waals surface area contributed by atoms with E-state index < -0.39 is 0 Å². The summed E-state index contributed by atoms with van der Waals surface area (Å²) < 4.78 is 7.02. The van der Waals surface area contributed by atoms with E-state index in [1.807, 2.05) is 55.1 Å². The molecule has 2 N–H and O–H groups in total. The van der Waals surface area contributed by atoms with E-state index in [-0.39, 0.29) is 11.9 Å². The molecular formula is C19H24N6O2. The lowest BCUT2D eigenvalue weighted by molar-refractivity contribution is 0.252. The van der Waals surface area contributed by atoms with Crippen molar-refractivity contribution < 1.29 is 9.32 Å². The fourth-order valence-electron chi connectivity index (χ4n) is 2.55. The normalized spacial score (nSPS) is 10.9. The van der Waals surface area contributed by atoms with Crippen molar-refractivity contribution in [2.24, 2.45) is 0 Å². The van der Waals surface area contributed by atoms with Crippen LogP contribution in [0.5, 0.6) is 0 Å². The number of amides is 2. The Kier molecular flexibility index (Phi) is 6.19. The molecule has 2 heterocycles. The molecule has 0 bridgehead atoms. The van der Waals surface area contributed by atoms with E-state index in [0.717, 1.165) is 17.7 Å². The summed E-state index contributed by atoms with van der Waals surface area (Å²) >= 11 is 0. The Morgan fingerprint density at radius 3 is 2.93 bits per heavy atom. The Labute approximate surface area is 158 Å². The maximum atomic E-state index is 12.1. The number of rotatable bonds is 8. The van der Waals surface area contributed by atoms with Gasteiger partial charge in [0.25, 0.3) is 0 Å². The second-order valence-electron chi connectivity index (χ2n) is 6.59. The van der Waals surface area contributed by atoms with Crippen LogP contribution < -0.4 is 10.6 Å². The minimum Gasteiger partial charge on any atom is -0.339 e. The fourth-order valence-corrected chi connectivity index (χ4v) is 2.55. The van der Waals surface area contributed by atoms with E-state index in [2.05, 4.69) is 25.9 Å². The number of hydrogen-bond donors (Lipinski definition) is 2. The first-order chi connectivity index (χ1) is 13.1. The predicted octanol–water partition coefficient (Wildman–Crippen LogP) is 3.19. The van der Waals surface area contributed by atoms with E-state index in [1.54, 1.807) is 6.20 Å². The van der Waals surface area contributed by atoms with Gasteiger partial charge in [-0.2, -0.15) is 10.1 Å². The summed E-state index contributed by atoms with van der Waals surface area (Å²) in [5.74, 6) is 1.56. The Bertz CT molecular complexity index is 857. The standard InChI is InChI=1S/C19H24N6O2/c1-14(2)18-23-17(27-24-18)8-4-9-20-19(26)22-16-7-3-6-15(12-16)13-25-11-5-10-21-25/h3,5-7,10-12,14H,4,8-9,13H2,1-2H3,(H2,20,22,26). The first kappa shape index (κ1) is 18.6. The van der Waals surface area contributed by atoms with Gasteiger partial charge in [-0.05, 0) is 30.2 Å². The molecule has 0 radical (unpaired) electrons. The SMILES string of the molecule is CC(C)c1noc(CCCNC(=O)Nc2cccc(Cn3cccn3)c2)n1. The topological polar surface area (TPSA) is 97.9 Å². The molecule has 0 spiro atoms. The first-order valence-corrected chi connectivity index (χ1v) is 9.04. The lowest BCUT2D eigenvalue weighted by atomic mass is 10.2. The third-order valence-corrected chi connectivity index (χ3v) is 3.94. The Hall–Kier alpha value is -3.16. The highest BCUT2D eigenvalue weighted by Crippen LogP contribution is 2.12. The van der Waals surface area contributed by atoms with E-state index in [0.29, 0.717) is 31.2 Å². The number of anilines is 1. The minimum atomic E-state index is -0.236. The Morgan fingerprint density at radius 2 is 2.19 bits per heavy atom. The number of nitrogens with one attached hydrogen (secondary N) is 2. The van der Waals surface area contributed by atoms with Crippen molar-refractivity contribution in [1.29, 1.82) is 0 Å². The van der Waals surface area contributed by atoms with Gasteiger partial charge >= 0.3 is 6.03 Å². The third-order valence-electron chi connectivity index (χ3n) is 3.94. The quantitative estimate of drug-likeness (QED) is 0.595. The molecule has 0 fully saturated rings. The van der Waals surface area contributed by atoms with Crippen molar-refractivity contribution in [2.75, 3.05) is 11.9 Å². The molecule has 8 heteroatoms. The highest BCUT2D eigenvalue weighted by Gasteiger charge is 2.09.